The Morgan fingerprint density at radius 2 is 2.21 bits per heavy atom. The molecule has 5 heteroatoms. The molecule has 0 bridgehead atoms. The van der Waals surface area contributed by atoms with E-state index in [4.69, 9.17) is 22.1 Å². The molecule has 0 radical (unpaired) electrons. The van der Waals surface area contributed by atoms with Crippen LogP contribution < -0.4 is 10.5 Å². The number of ketones is 1. The number of Topliss-reactive ketones (excluding diaryl/α,β-unsaturated/α-hetero) is 1. The van der Waals surface area contributed by atoms with Gasteiger partial charge in [0.15, 0.2) is 5.78 Å². The Morgan fingerprint density at radius 3 is 2.64 bits per heavy atom. The molecule has 1 rings (SSSR count). The minimum absolute atomic E-state index is 0. The lowest BCUT2D eigenvalue weighted by Gasteiger charge is -2.03. The molecule has 78 valence electrons. The summed E-state index contributed by atoms with van der Waals surface area (Å²) in [5, 5.41) is 0.418. The molecule has 1 aromatic rings. The van der Waals surface area contributed by atoms with Gasteiger partial charge in [0, 0.05) is 5.56 Å². The zero-order valence-corrected chi connectivity index (χ0v) is 9.19. The predicted molar refractivity (Wildman–Crippen MR) is 58.6 cm³/mol. The minimum atomic E-state index is -0.135. The van der Waals surface area contributed by atoms with Crippen molar-refractivity contribution in [1.82, 2.24) is 0 Å². The number of nitrogens with two attached hydrogens (primary N) is 1. The lowest BCUT2D eigenvalue weighted by Crippen LogP contribution is -2.13. The van der Waals surface area contributed by atoms with E-state index in [-0.39, 0.29) is 24.7 Å². The summed E-state index contributed by atoms with van der Waals surface area (Å²) in [5.41, 5.74) is 5.71. The fourth-order valence-corrected chi connectivity index (χ4v) is 1.22. The van der Waals surface area contributed by atoms with Crippen LogP contribution >= 0.6 is 24.0 Å². The predicted octanol–water partition coefficient (Wildman–Crippen LogP) is 1.91. The van der Waals surface area contributed by atoms with E-state index in [1.54, 1.807) is 18.2 Å². The molecule has 0 amide bonds. The molecule has 0 aliphatic heterocycles. The summed E-state index contributed by atoms with van der Waals surface area (Å²) in [4.78, 5) is 11.1. The standard InChI is InChI=1S/C9H10ClNO2.ClH/c1-13-9-3-2-6(4-7(9)10)8(12)5-11;/h2-4H,5,11H2,1H3;1H. The van der Waals surface area contributed by atoms with Gasteiger partial charge in [0.1, 0.15) is 5.75 Å². The normalized spacial score (nSPS) is 9.07. The summed E-state index contributed by atoms with van der Waals surface area (Å²) in [6.45, 7) is -0.0113. The maximum atomic E-state index is 11.1. The number of ether oxygens (including phenoxy) is 1. The molecule has 0 aromatic heterocycles. The van der Waals surface area contributed by atoms with Crippen LogP contribution in [0.5, 0.6) is 5.75 Å². The van der Waals surface area contributed by atoms with E-state index < -0.39 is 0 Å². The molecule has 1 aromatic carbocycles. The second kappa shape index (κ2) is 5.86. The number of halogens is 2. The van der Waals surface area contributed by atoms with Crippen LogP contribution in [0.15, 0.2) is 18.2 Å². The van der Waals surface area contributed by atoms with Gasteiger partial charge < -0.3 is 10.5 Å². The smallest absolute Gasteiger partial charge is 0.176 e. The Kier molecular flexibility index (Phi) is 5.53. The van der Waals surface area contributed by atoms with Crippen LogP contribution in [0.3, 0.4) is 0 Å². The highest BCUT2D eigenvalue weighted by atomic mass is 35.5. The highest BCUT2D eigenvalue weighted by Crippen LogP contribution is 2.24. The third-order valence-corrected chi connectivity index (χ3v) is 1.95. The van der Waals surface area contributed by atoms with Gasteiger partial charge in [0.05, 0.1) is 18.7 Å². The van der Waals surface area contributed by atoms with Crippen molar-refractivity contribution in [2.24, 2.45) is 5.73 Å². The van der Waals surface area contributed by atoms with Gasteiger partial charge in [-0.2, -0.15) is 0 Å². The SMILES string of the molecule is COc1ccc(C(=O)CN)cc1Cl.Cl. The third kappa shape index (κ3) is 2.87. The van der Waals surface area contributed by atoms with E-state index >= 15 is 0 Å². The number of hydrogen-bond acceptors (Lipinski definition) is 3. The molecular weight excluding hydrogens is 225 g/mol. The molecule has 0 aliphatic rings. The maximum absolute atomic E-state index is 11.1. The fourth-order valence-electron chi connectivity index (χ4n) is 0.958. The number of hydrogen-bond donors (Lipinski definition) is 1. The first-order chi connectivity index (χ1) is 6.19. The molecule has 0 heterocycles. The summed E-state index contributed by atoms with van der Waals surface area (Å²) in [7, 11) is 1.52. The first kappa shape index (κ1) is 13.2. The van der Waals surface area contributed by atoms with Crippen molar-refractivity contribution < 1.29 is 9.53 Å². The largest absolute Gasteiger partial charge is 0.495 e. The number of carbonyl (C=O) groups excluding carboxylic acids is 1. The monoisotopic (exact) mass is 235 g/mol. The number of rotatable bonds is 3. The van der Waals surface area contributed by atoms with E-state index in [1.165, 1.54) is 7.11 Å². The summed E-state index contributed by atoms with van der Waals surface area (Å²) in [6.07, 6.45) is 0. The van der Waals surface area contributed by atoms with Crippen LogP contribution in [0.2, 0.25) is 5.02 Å². The topological polar surface area (TPSA) is 52.3 Å². The summed E-state index contributed by atoms with van der Waals surface area (Å²) in [5.74, 6) is 0.416. The van der Waals surface area contributed by atoms with Crippen molar-refractivity contribution in [3.05, 3.63) is 28.8 Å². The Hall–Kier alpha value is -0.770. The van der Waals surface area contributed by atoms with E-state index in [0.717, 1.165) is 0 Å². The molecule has 0 saturated heterocycles. The summed E-state index contributed by atoms with van der Waals surface area (Å²) in [6, 6.07) is 4.83. The second-order valence-corrected chi connectivity index (χ2v) is 2.88. The van der Waals surface area contributed by atoms with Crippen LogP contribution in [0.25, 0.3) is 0 Å². The van der Waals surface area contributed by atoms with E-state index in [1.807, 2.05) is 0 Å². The van der Waals surface area contributed by atoms with Gasteiger partial charge >= 0.3 is 0 Å². The first-order valence-electron chi connectivity index (χ1n) is 3.76. The van der Waals surface area contributed by atoms with E-state index in [9.17, 15) is 4.79 Å². The zero-order valence-electron chi connectivity index (χ0n) is 7.62. The van der Waals surface area contributed by atoms with Crippen molar-refractivity contribution in [2.45, 2.75) is 0 Å². The number of carbonyl (C=O) groups is 1. The summed E-state index contributed by atoms with van der Waals surface area (Å²) >= 11 is 5.81. The summed E-state index contributed by atoms with van der Waals surface area (Å²) < 4.78 is 4.94. The van der Waals surface area contributed by atoms with Crippen molar-refractivity contribution in [2.75, 3.05) is 13.7 Å². The van der Waals surface area contributed by atoms with Crippen LogP contribution in [-0.4, -0.2) is 19.4 Å². The highest BCUT2D eigenvalue weighted by Gasteiger charge is 2.06. The Morgan fingerprint density at radius 1 is 1.57 bits per heavy atom. The molecule has 0 saturated carbocycles. The zero-order chi connectivity index (χ0) is 9.84. The molecule has 14 heavy (non-hydrogen) atoms. The lowest BCUT2D eigenvalue weighted by molar-refractivity contribution is 0.100. The Balaban J connectivity index is 0.00000169. The average molecular weight is 236 g/mol. The van der Waals surface area contributed by atoms with E-state index in [2.05, 4.69) is 0 Å². The number of methoxy groups -OCH3 is 1. The van der Waals surface area contributed by atoms with Crippen LogP contribution in [0.1, 0.15) is 10.4 Å². The molecule has 3 nitrogen and oxygen atoms in total. The lowest BCUT2D eigenvalue weighted by atomic mass is 10.1. The molecular formula is C9H11Cl2NO2. The maximum Gasteiger partial charge on any atom is 0.176 e. The highest BCUT2D eigenvalue weighted by molar-refractivity contribution is 6.32. The van der Waals surface area contributed by atoms with Gasteiger partial charge in [-0.1, -0.05) is 11.6 Å². The third-order valence-electron chi connectivity index (χ3n) is 1.66. The molecule has 0 unspecified atom stereocenters. The quantitative estimate of drug-likeness (QED) is 0.815. The van der Waals surface area contributed by atoms with Gasteiger partial charge in [-0.25, -0.2) is 0 Å². The van der Waals surface area contributed by atoms with Crippen molar-refractivity contribution >= 4 is 29.8 Å². The van der Waals surface area contributed by atoms with Gasteiger partial charge in [-0.3, -0.25) is 4.79 Å². The Labute approximate surface area is 93.6 Å². The van der Waals surface area contributed by atoms with Gasteiger partial charge in [-0.05, 0) is 18.2 Å². The Bertz CT molecular complexity index is 329. The fraction of sp³-hybridized carbons (Fsp3) is 0.222. The molecule has 2 N–H and O–H groups in total. The number of benzene rings is 1. The van der Waals surface area contributed by atoms with Crippen molar-refractivity contribution in [3.8, 4) is 5.75 Å². The van der Waals surface area contributed by atoms with Crippen LogP contribution in [0.4, 0.5) is 0 Å². The van der Waals surface area contributed by atoms with Gasteiger partial charge in [0.2, 0.25) is 0 Å². The first-order valence-corrected chi connectivity index (χ1v) is 4.13. The van der Waals surface area contributed by atoms with Crippen molar-refractivity contribution in [3.63, 3.8) is 0 Å². The van der Waals surface area contributed by atoms with Gasteiger partial charge in [-0.15, -0.1) is 12.4 Å². The molecule has 0 atom stereocenters. The van der Waals surface area contributed by atoms with Crippen molar-refractivity contribution in [1.29, 1.82) is 0 Å². The van der Waals surface area contributed by atoms with Crippen LogP contribution in [0, 0.1) is 0 Å². The van der Waals surface area contributed by atoms with Crippen LogP contribution in [-0.2, 0) is 0 Å². The molecule has 0 spiro atoms. The van der Waals surface area contributed by atoms with E-state index in [0.29, 0.717) is 16.3 Å². The molecule has 0 fully saturated rings. The minimum Gasteiger partial charge on any atom is -0.495 e. The average Bonchev–Trinajstić information content (AvgIpc) is 2.16. The second-order valence-electron chi connectivity index (χ2n) is 2.48. The van der Waals surface area contributed by atoms with Gasteiger partial charge in [0.25, 0.3) is 0 Å². The molecule has 0 aliphatic carbocycles.